The van der Waals surface area contributed by atoms with Crippen molar-refractivity contribution in [2.24, 2.45) is 0 Å². The summed E-state index contributed by atoms with van der Waals surface area (Å²) in [6.45, 7) is 5.01. The van der Waals surface area contributed by atoms with Gasteiger partial charge in [0.1, 0.15) is 0 Å². The second-order valence-electron chi connectivity index (χ2n) is 27.4. The fourth-order valence-corrected chi connectivity index (χ4v) is 12.8. The van der Waals surface area contributed by atoms with Crippen LogP contribution in [-0.2, 0) is 14.3 Å². The molecule has 506 valence electrons. The van der Waals surface area contributed by atoms with Gasteiger partial charge in [0.2, 0.25) is 5.91 Å². The van der Waals surface area contributed by atoms with Gasteiger partial charge in [0.05, 0.1) is 25.4 Å². The lowest BCUT2D eigenvalue weighted by Gasteiger charge is -2.22. The van der Waals surface area contributed by atoms with Crippen LogP contribution >= 0.6 is 0 Å². The van der Waals surface area contributed by atoms with Gasteiger partial charge in [0.15, 0.2) is 0 Å². The Kier molecular flexibility index (Phi) is 73.8. The maximum Gasteiger partial charge on any atom is 0.305 e. The molecule has 0 aromatic carbocycles. The summed E-state index contributed by atoms with van der Waals surface area (Å²) in [4.78, 5) is 24.6. The largest absolute Gasteiger partial charge is 0.466 e. The van der Waals surface area contributed by atoms with Crippen molar-refractivity contribution in [2.45, 2.75) is 469 Å². The molecule has 85 heavy (non-hydrogen) atoms. The predicted molar refractivity (Wildman–Crippen MR) is 375 cm³/mol. The third kappa shape index (κ3) is 71.6. The van der Waals surface area contributed by atoms with Gasteiger partial charge in [0.25, 0.3) is 0 Å². The van der Waals surface area contributed by atoms with Crippen molar-refractivity contribution in [3.63, 3.8) is 0 Å². The maximum atomic E-state index is 12.5. The van der Waals surface area contributed by atoms with E-state index in [1.165, 1.54) is 385 Å². The van der Waals surface area contributed by atoms with Gasteiger partial charge < -0.3 is 20.3 Å². The highest BCUT2D eigenvalue weighted by Gasteiger charge is 2.20. The van der Waals surface area contributed by atoms with E-state index < -0.39 is 12.1 Å². The molecule has 0 spiro atoms. The number of unbranched alkanes of at least 4 members (excludes halogenated alkanes) is 62. The van der Waals surface area contributed by atoms with Gasteiger partial charge in [-0.3, -0.25) is 9.59 Å². The minimum absolute atomic E-state index is 0.0266. The van der Waals surface area contributed by atoms with Crippen LogP contribution in [0.3, 0.4) is 0 Å². The first kappa shape index (κ1) is 83.6. The Hall–Kier alpha value is -1.40. The monoisotopic (exact) mass is 1200 g/mol. The van der Waals surface area contributed by atoms with Crippen molar-refractivity contribution in [1.82, 2.24) is 5.32 Å². The molecule has 2 unspecified atom stereocenters. The second kappa shape index (κ2) is 75.1. The maximum absolute atomic E-state index is 12.5. The Bertz CT molecular complexity index is 1290. The third-order valence-electron chi connectivity index (χ3n) is 18.8. The number of carbonyl (C=O) groups excluding carboxylic acids is 2. The van der Waals surface area contributed by atoms with Crippen molar-refractivity contribution in [1.29, 1.82) is 0 Å². The Morgan fingerprint density at radius 3 is 0.835 bits per heavy atom. The molecule has 0 radical (unpaired) electrons. The molecule has 2 atom stereocenters. The molecule has 0 saturated carbocycles. The topological polar surface area (TPSA) is 95.9 Å². The number of allylic oxidation sites excluding steroid dienone is 2. The summed E-state index contributed by atoms with van der Waals surface area (Å²) in [5, 5.41) is 23.3. The van der Waals surface area contributed by atoms with E-state index in [0.717, 1.165) is 38.5 Å². The number of aliphatic hydroxyl groups is 2. The van der Waals surface area contributed by atoms with Crippen LogP contribution in [0.2, 0.25) is 0 Å². The molecule has 0 fully saturated rings. The molecule has 0 bridgehead atoms. The first-order valence-electron chi connectivity index (χ1n) is 39.4. The highest BCUT2D eigenvalue weighted by molar-refractivity contribution is 5.76. The van der Waals surface area contributed by atoms with Crippen LogP contribution in [-0.4, -0.2) is 47.4 Å². The van der Waals surface area contributed by atoms with Crippen molar-refractivity contribution in [3.05, 3.63) is 12.2 Å². The van der Waals surface area contributed by atoms with Gasteiger partial charge in [-0.25, -0.2) is 0 Å². The SMILES string of the molecule is CCCCCCCCCCCCCCCCCCCC(=O)OCCCCCCCCCCCCCCCCCC/C=C\CCCCCCCCCCCCCCCCCCCC(=O)NC(CO)C(O)CCCCCCCCCCCCCCCC. The van der Waals surface area contributed by atoms with Crippen LogP contribution in [0, 0.1) is 0 Å². The number of esters is 1. The standard InChI is InChI=1S/C79H155NO5/c1-3-5-7-9-11-13-15-17-19-41-45-49-53-57-61-65-69-73-79(84)85-74-70-66-62-58-54-50-46-43-40-38-36-34-32-30-28-26-24-22-20-21-23-25-27-29-31-33-35-37-39-42-44-48-52-56-60-64-68-72-78(83)80-76(75-81)77(82)71-67-63-59-55-51-47-18-16-14-12-10-8-6-4-2/h20,22,76-77,81-82H,3-19,21,23-75H2,1-2H3,(H,80,83)/b22-20-. The highest BCUT2D eigenvalue weighted by Crippen LogP contribution is 2.20. The average molecular weight is 1200 g/mol. The van der Waals surface area contributed by atoms with E-state index in [1.807, 2.05) is 0 Å². The Morgan fingerprint density at radius 2 is 0.553 bits per heavy atom. The lowest BCUT2D eigenvalue weighted by molar-refractivity contribution is -0.143. The Balaban J connectivity index is 3.30. The van der Waals surface area contributed by atoms with Crippen LogP contribution in [0.4, 0.5) is 0 Å². The number of nitrogens with one attached hydrogen (secondary N) is 1. The predicted octanol–water partition coefficient (Wildman–Crippen LogP) is 25.9. The number of amides is 1. The van der Waals surface area contributed by atoms with E-state index in [1.54, 1.807) is 0 Å². The number of hydrogen-bond donors (Lipinski definition) is 3. The summed E-state index contributed by atoms with van der Waals surface area (Å²) in [6.07, 6.45) is 94.6. The molecule has 0 heterocycles. The molecule has 6 nitrogen and oxygen atoms in total. The molecule has 0 aromatic heterocycles. The fraction of sp³-hybridized carbons (Fsp3) is 0.949. The average Bonchev–Trinajstić information content (AvgIpc) is 3.52. The fourth-order valence-electron chi connectivity index (χ4n) is 12.8. The number of ether oxygens (including phenoxy) is 1. The van der Waals surface area contributed by atoms with E-state index >= 15 is 0 Å². The van der Waals surface area contributed by atoms with E-state index in [0.29, 0.717) is 25.9 Å². The highest BCUT2D eigenvalue weighted by atomic mass is 16.5. The Labute approximate surface area is 533 Å². The van der Waals surface area contributed by atoms with Crippen molar-refractivity contribution in [3.8, 4) is 0 Å². The van der Waals surface area contributed by atoms with E-state index in [4.69, 9.17) is 4.74 Å². The van der Waals surface area contributed by atoms with Crippen LogP contribution in [0.1, 0.15) is 457 Å². The lowest BCUT2D eigenvalue weighted by Crippen LogP contribution is -2.45. The molecular formula is C79H155NO5. The molecule has 0 aliphatic carbocycles. The minimum atomic E-state index is -0.660. The van der Waals surface area contributed by atoms with Gasteiger partial charge in [-0.2, -0.15) is 0 Å². The number of hydrogen-bond acceptors (Lipinski definition) is 5. The summed E-state index contributed by atoms with van der Waals surface area (Å²) in [7, 11) is 0. The van der Waals surface area contributed by atoms with Crippen LogP contribution in [0.5, 0.6) is 0 Å². The molecule has 1 amide bonds. The van der Waals surface area contributed by atoms with Crippen LogP contribution in [0.25, 0.3) is 0 Å². The molecule has 0 aromatic rings. The van der Waals surface area contributed by atoms with E-state index in [9.17, 15) is 19.8 Å². The normalized spacial score (nSPS) is 12.5. The number of rotatable bonds is 75. The number of carbonyl (C=O) groups is 2. The minimum Gasteiger partial charge on any atom is -0.466 e. The summed E-state index contributed by atoms with van der Waals surface area (Å²) in [6, 6.07) is -0.537. The van der Waals surface area contributed by atoms with Crippen LogP contribution < -0.4 is 5.32 Å². The molecular weight excluding hydrogens is 1040 g/mol. The van der Waals surface area contributed by atoms with Gasteiger partial charge in [-0.05, 0) is 51.4 Å². The zero-order valence-corrected chi connectivity index (χ0v) is 58.1. The summed E-state index contributed by atoms with van der Waals surface area (Å²) in [5.74, 6) is -0.00100. The van der Waals surface area contributed by atoms with Gasteiger partial charge in [0, 0.05) is 12.8 Å². The van der Waals surface area contributed by atoms with Crippen LogP contribution in [0.15, 0.2) is 12.2 Å². The zero-order valence-electron chi connectivity index (χ0n) is 58.1. The number of aliphatic hydroxyl groups excluding tert-OH is 2. The smallest absolute Gasteiger partial charge is 0.305 e. The van der Waals surface area contributed by atoms with Crippen molar-refractivity contribution >= 4 is 11.9 Å². The Morgan fingerprint density at radius 1 is 0.318 bits per heavy atom. The second-order valence-corrected chi connectivity index (χ2v) is 27.4. The van der Waals surface area contributed by atoms with Gasteiger partial charge in [-0.15, -0.1) is 0 Å². The molecule has 0 aliphatic rings. The quantitative estimate of drug-likeness (QED) is 0.0320. The van der Waals surface area contributed by atoms with Gasteiger partial charge in [-0.1, -0.05) is 405 Å². The summed E-state index contributed by atoms with van der Waals surface area (Å²) in [5.41, 5.74) is 0. The molecule has 0 saturated heterocycles. The summed E-state index contributed by atoms with van der Waals surface area (Å²) >= 11 is 0. The molecule has 6 heteroatoms. The zero-order chi connectivity index (χ0) is 61.3. The third-order valence-corrected chi connectivity index (χ3v) is 18.8. The molecule has 0 rings (SSSR count). The first-order valence-corrected chi connectivity index (χ1v) is 39.4. The van der Waals surface area contributed by atoms with Crippen molar-refractivity contribution in [2.75, 3.05) is 13.2 Å². The van der Waals surface area contributed by atoms with Crippen molar-refractivity contribution < 1.29 is 24.5 Å². The summed E-state index contributed by atoms with van der Waals surface area (Å²) < 4.78 is 5.52. The first-order chi connectivity index (χ1) is 42.0. The lowest BCUT2D eigenvalue weighted by atomic mass is 10.0. The van der Waals surface area contributed by atoms with E-state index in [2.05, 4.69) is 31.3 Å². The van der Waals surface area contributed by atoms with E-state index in [-0.39, 0.29) is 18.5 Å². The molecule has 0 aliphatic heterocycles. The molecule has 3 N–H and O–H groups in total. The van der Waals surface area contributed by atoms with Gasteiger partial charge >= 0.3 is 5.97 Å².